The molecule has 0 aliphatic heterocycles. The Hall–Kier alpha value is -1.41. The Labute approximate surface area is 135 Å². The van der Waals surface area contributed by atoms with Gasteiger partial charge in [-0.05, 0) is 36.4 Å². The molecule has 0 saturated carbocycles. The number of rotatable bonds is 3. The molecular weight excluding hydrogens is 417 g/mol. The van der Waals surface area contributed by atoms with E-state index in [1.165, 1.54) is 12.1 Å². The molecule has 2 rings (SSSR count). The summed E-state index contributed by atoms with van der Waals surface area (Å²) >= 11 is 6.37. The van der Waals surface area contributed by atoms with Crippen molar-refractivity contribution in [2.45, 2.75) is 6.36 Å². The molecule has 0 bridgehead atoms. The molecular formula is C13H9Br2F3N2O. The van der Waals surface area contributed by atoms with Crippen LogP contribution in [0.15, 0.2) is 45.3 Å². The average Bonchev–Trinajstić information content (AvgIpc) is 2.33. The number of ether oxygens (including phenoxy) is 1. The molecule has 0 unspecified atom stereocenters. The third-order valence-electron chi connectivity index (χ3n) is 2.45. The fourth-order valence-electron chi connectivity index (χ4n) is 1.60. The molecule has 2 aromatic rings. The number of halogens is 5. The van der Waals surface area contributed by atoms with Crippen LogP contribution in [0.1, 0.15) is 0 Å². The second-order valence-corrected chi connectivity index (χ2v) is 5.88. The van der Waals surface area contributed by atoms with Gasteiger partial charge in [0, 0.05) is 8.95 Å². The first-order valence-electron chi connectivity index (χ1n) is 5.62. The fraction of sp³-hybridized carbons (Fsp3) is 0.0769. The van der Waals surface area contributed by atoms with Crippen molar-refractivity contribution in [3.05, 3.63) is 45.3 Å². The molecule has 0 saturated heterocycles. The first-order valence-corrected chi connectivity index (χ1v) is 7.20. The summed E-state index contributed by atoms with van der Waals surface area (Å²) in [4.78, 5) is 0. The van der Waals surface area contributed by atoms with E-state index in [-0.39, 0.29) is 11.4 Å². The smallest absolute Gasteiger partial charge is 0.404 e. The Kier molecular flexibility index (Phi) is 4.67. The number of alkyl halides is 3. The van der Waals surface area contributed by atoms with Crippen LogP contribution in [0, 0.1) is 0 Å². The SMILES string of the molecule is Nc1cc(Br)ccc1Nc1ccc(Br)cc1OC(F)(F)F. The van der Waals surface area contributed by atoms with Gasteiger partial charge in [0.05, 0.1) is 17.1 Å². The van der Waals surface area contributed by atoms with E-state index in [1.807, 2.05) is 0 Å². The van der Waals surface area contributed by atoms with Crippen LogP contribution >= 0.6 is 31.9 Å². The summed E-state index contributed by atoms with van der Waals surface area (Å²) in [7, 11) is 0. The molecule has 0 aliphatic rings. The highest BCUT2D eigenvalue weighted by Gasteiger charge is 2.32. The second kappa shape index (κ2) is 6.15. The van der Waals surface area contributed by atoms with E-state index < -0.39 is 6.36 Å². The van der Waals surface area contributed by atoms with E-state index >= 15 is 0 Å². The third-order valence-corrected chi connectivity index (χ3v) is 3.44. The number of nitrogens with one attached hydrogen (secondary N) is 1. The van der Waals surface area contributed by atoms with Crippen LogP contribution < -0.4 is 15.8 Å². The molecule has 0 radical (unpaired) electrons. The van der Waals surface area contributed by atoms with Crippen molar-refractivity contribution >= 4 is 48.9 Å². The van der Waals surface area contributed by atoms with Crippen LogP contribution in [-0.4, -0.2) is 6.36 Å². The topological polar surface area (TPSA) is 47.3 Å². The number of hydrogen-bond acceptors (Lipinski definition) is 3. The Balaban J connectivity index is 2.35. The maximum Gasteiger partial charge on any atom is 0.573 e. The van der Waals surface area contributed by atoms with Crippen molar-refractivity contribution < 1.29 is 17.9 Å². The zero-order chi connectivity index (χ0) is 15.6. The standard InChI is InChI=1S/C13H9Br2F3N2O/c14-7-1-3-10(9(19)5-7)20-11-4-2-8(15)6-12(11)21-13(16,17)18/h1-6,20H,19H2. The molecule has 3 nitrogen and oxygen atoms in total. The molecule has 3 N–H and O–H groups in total. The quantitative estimate of drug-likeness (QED) is 0.644. The van der Waals surface area contributed by atoms with E-state index in [9.17, 15) is 13.2 Å². The normalized spacial score (nSPS) is 11.3. The Morgan fingerprint density at radius 1 is 0.952 bits per heavy atom. The summed E-state index contributed by atoms with van der Waals surface area (Å²) < 4.78 is 42.5. The lowest BCUT2D eigenvalue weighted by Gasteiger charge is -2.16. The highest BCUT2D eigenvalue weighted by Crippen LogP contribution is 2.36. The van der Waals surface area contributed by atoms with Gasteiger partial charge >= 0.3 is 6.36 Å². The fourth-order valence-corrected chi connectivity index (χ4v) is 2.32. The van der Waals surface area contributed by atoms with Crippen molar-refractivity contribution in [3.63, 3.8) is 0 Å². The van der Waals surface area contributed by atoms with Gasteiger partial charge in [-0.2, -0.15) is 0 Å². The average molecular weight is 426 g/mol. The number of nitrogen functional groups attached to an aromatic ring is 1. The lowest BCUT2D eigenvalue weighted by Crippen LogP contribution is -2.18. The number of hydrogen-bond donors (Lipinski definition) is 2. The maximum atomic E-state index is 12.4. The minimum absolute atomic E-state index is 0.157. The zero-order valence-electron chi connectivity index (χ0n) is 10.3. The van der Waals surface area contributed by atoms with Gasteiger partial charge in [-0.1, -0.05) is 31.9 Å². The van der Waals surface area contributed by atoms with Crippen LogP contribution in [0.25, 0.3) is 0 Å². The van der Waals surface area contributed by atoms with Gasteiger partial charge in [0.1, 0.15) is 0 Å². The van der Waals surface area contributed by atoms with Gasteiger partial charge in [0.15, 0.2) is 5.75 Å². The zero-order valence-corrected chi connectivity index (χ0v) is 13.5. The summed E-state index contributed by atoms with van der Waals surface area (Å²) in [5, 5.41) is 2.83. The summed E-state index contributed by atoms with van der Waals surface area (Å²) in [5.41, 5.74) is 6.84. The number of anilines is 3. The van der Waals surface area contributed by atoms with E-state index in [2.05, 4.69) is 41.9 Å². The molecule has 0 atom stereocenters. The van der Waals surface area contributed by atoms with Crippen molar-refractivity contribution in [1.82, 2.24) is 0 Å². The van der Waals surface area contributed by atoms with Crippen LogP contribution in [-0.2, 0) is 0 Å². The van der Waals surface area contributed by atoms with E-state index in [0.29, 0.717) is 15.8 Å². The number of benzene rings is 2. The lowest BCUT2D eigenvalue weighted by molar-refractivity contribution is -0.274. The van der Waals surface area contributed by atoms with Crippen LogP contribution in [0.2, 0.25) is 0 Å². The Morgan fingerprint density at radius 2 is 1.52 bits per heavy atom. The van der Waals surface area contributed by atoms with E-state index in [4.69, 9.17) is 5.73 Å². The van der Waals surface area contributed by atoms with Crippen molar-refractivity contribution in [3.8, 4) is 5.75 Å². The van der Waals surface area contributed by atoms with Crippen LogP contribution in [0.5, 0.6) is 5.75 Å². The van der Waals surface area contributed by atoms with Gasteiger partial charge in [0.2, 0.25) is 0 Å². The molecule has 112 valence electrons. The lowest BCUT2D eigenvalue weighted by atomic mass is 10.2. The van der Waals surface area contributed by atoms with Crippen LogP contribution in [0.3, 0.4) is 0 Å². The summed E-state index contributed by atoms with van der Waals surface area (Å²) in [6.07, 6.45) is -4.78. The monoisotopic (exact) mass is 424 g/mol. The molecule has 0 heterocycles. The van der Waals surface area contributed by atoms with E-state index in [0.717, 1.165) is 4.47 Å². The first-order chi connectivity index (χ1) is 9.74. The van der Waals surface area contributed by atoms with Gasteiger partial charge in [-0.15, -0.1) is 13.2 Å². The van der Waals surface area contributed by atoms with Crippen LogP contribution in [0.4, 0.5) is 30.2 Å². The van der Waals surface area contributed by atoms with Gasteiger partial charge < -0.3 is 15.8 Å². The molecule has 21 heavy (non-hydrogen) atoms. The largest absolute Gasteiger partial charge is 0.573 e. The first kappa shape index (κ1) is 16.0. The molecule has 8 heteroatoms. The maximum absolute atomic E-state index is 12.4. The van der Waals surface area contributed by atoms with Gasteiger partial charge in [-0.25, -0.2) is 0 Å². The molecule has 0 amide bonds. The molecule has 2 aromatic carbocycles. The Bertz CT molecular complexity index is 662. The minimum atomic E-state index is -4.78. The number of nitrogens with two attached hydrogens (primary N) is 1. The highest BCUT2D eigenvalue weighted by molar-refractivity contribution is 9.10. The third kappa shape index (κ3) is 4.53. The summed E-state index contributed by atoms with van der Waals surface area (Å²) in [6, 6.07) is 9.31. The minimum Gasteiger partial charge on any atom is -0.404 e. The van der Waals surface area contributed by atoms with E-state index in [1.54, 1.807) is 24.3 Å². The second-order valence-electron chi connectivity index (χ2n) is 4.04. The molecule has 0 fully saturated rings. The molecule has 0 aromatic heterocycles. The predicted octanol–water partition coefficient (Wildman–Crippen LogP) is 5.44. The van der Waals surface area contributed by atoms with Crippen molar-refractivity contribution in [2.75, 3.05) is 11.1 Å². The Morgan fingerprint density at radius 3 is 2.10 bits per heavy atom. The van der Waals surface area contributed by atoms with Crippen molar-refractivity contribution in [1.29, 1.82) is 0 Å². The highest BCUT2D eigenvalue weighted by atomic mass is 79.9. The summed E-state index contributed by atoms with van der Waals surface area (Å²) in [6.45, 7) is 0. The van der Waals surface area contributed by atoms with Gasteiger partial charge in [-0.3, -0.25) is 0 Å². The molecule has 0 spiro atoms. The van der Waals surface area contributed by atoms with Crippen molar-refractivity contribution in [2.24, 2.45) is 0 Å². The summed E-state index contributed by atoms with van der Waals surface area (Å²) in [5.74, 6) is -0.348. The predicted molar refractivity (Wildman–Crippen MR) is 82.7 cm³/mol. The van der Waals surface area contributed by atoms with Gasteiger partial charge in [0.25, 0.3) is 0 Å². The molecule has 0 aliphatic carbocycles.